The van der Waals surface area contributed by atoms with Crippen molar-refractivity contribution in [2.24, 2.45) is 5.73 Å². The highest BCUT2D eigenvalue weighted by atomic mass is 16.6. The van der Waals surface area contributed by atoms with Crippen LogP contribution in [-0.4, -0.2) is 54.5 Å². The van der Waals surface area contributed by atoms with Crippen molar-refractivity contribution in [3.05, 3.63) is 59.7 Å². The molecule has 0 aromatic heterocycles. The minimum absolute atomic E-state index is 0.0572. The van der Waals surface area contributed by atoms with Crippen molar-refractivity contribution < 1.29 is 28.7 Å². The lowest BCUT2D eigenvalue weighted by molar-refractivity contribution is -0.139. The van der Waals surface area contributed by atoms with Crippen LogP contribution in [0.3, 0.4) is 0 Å². The molecule has 37 heavy (non-hydrogen) atoms. The molecule has 0 fully saturated rings. The van der Waals surface area contributed by atoms with E-state index in [1.165, 1.54) is 11.9 Å². The van der Waals surface area contributed by atoms with Gasteiger partial charge >= 0.3 is 6.09 Å². The Bertz CT molecular complexity index is 1110. The van der Waals surface area contributed by atoms with E-state index in [4.69, 9.17) is 15.2 Å². The Balaban J connectivity index is 2.38. The lowest BCUT2D eigenvalue weighted by Crippen LogP contribution is -2.51. The molecule has 4 amide bonds. The molecule has 200 valence electrons. The quantitative estimate of drug-likeness (QED) is 0.446. The predicted molar refractivity (Wildman–Crippen MR) is 140 cm³/mol. The molecule has 0 saturated heterocycles. The number of nitrogens with two attached hydrogens (primary N) is 1. The molecule has 0 bridgehead atoms. The van der Waals surface area contributed by atoms with Crippen LogP contribution in [0, 0.1) is 6.92 Å². The maximum absolute atomic E-state index is 13.6. The van der Waals surface area contributed by atoms with Gasteiger partial charge in [0.1, 0.15) is 23.4 Å². The lowest BCUT2D eigenvalue weighted by atomic mass is 9.98. The average Bonchev–Trinajstić information content (AvgIpc) is 2.81. The SMILES string of the molecule is COc1ccc(NC(=O)C(c2ccccc2C)N(C)C(=O)C(CCC(N)=O)NC(=O)OC(C)(C)C)cc1. The summed E-state index contributed by atoms with van der Waals surface area (Å²) in [5, 5.41) is 5.37. The Labute approximate surface area is 217 Å². The van der Waals surface area contributed by atoms with E-state index >= 15 is 0 Å². The third-order valence-electron chi connectivity index (χ3n) is 5.49. The van der Waals surface area contributed by atoms with Gasteiger partial charge in [0.15, 0.2) is 0 Å². The number of amides is 4. The lowest BCUT2D eigenvalue weighted by Gasteiger charge is -2.32. The number of likely N-dealkylation sites (N-methyl/N-ethyl adjacent to an activating group) is 1. The first-order chi connectivity index (χ1) is 17.3. The summed E-state index contributed by atoms with van der Waals surface area (Å²) in [5.74, 6) is -1.03. The number of aryl methyl sites for hydroxylation is 1. The molecule has 4 N–H and O–H groups in total. The summed E-state index contributed by atoms with van der Waals surface area (Å²) in [5.41, 5.74) is 6.42. The average molecular weight is 513 g/mol. The van der Waals surface area contributed by atoms with Gasteiger partial charge in [0, 0.05) is 19.2 Å². The van der Waals surface area contributed by atoms with Crippen molar-refractivity contribution in [2.45, 2.75) is 58.2 Å². The van der Waals surface area contributed by atoms with Gasteiger partial charge in [-0.25, -0.2) is 4.79 Å². The molecule has 2 unspecified atom stereocenters. The number of benzene rings is 2. The second-order valence-corrected chi connectivity index (χ2v) is 9.63. The first kappa shape index (κ1) is 29.2. The molecule has 0 saturated carbocycles. The van der Waals surface area contributed by atoms with Crippen LogP contribution in [0.25, 0.3) is 0 Å². The summed E-state index contributed by atoms with van der Waals surface area (Å²) < 4.78 is 10.4. The number of nitrogens with one attached hydrogen (secondary N) is 2. The fourth-order valence-electron chi connectivity index (χ4n) is 3.67. The van der Waals surface area contributed by atoms with Gasteiger partial charge in [0.25, 0.3) is 5.91 Å². The summed E-state index contributed by atoms with van der Waals surface area (Å²) in [7, 11) is 3.02. The minimum Gasteiger partial charge on any atom is -0.497 e. The third-order valence-corrected chi connectivity index (χ3v) is 5.49. The molecule has 0 aliphatic heterocycles. The Morgan fingerprint density at radius 1 is 1.03 bits per heavy atom. The fraction of sp³-hybridized carbons (Fsp3) is 0.407. The highest BCUT2D eigenvalue weighted by molar-refractivity contribution is 5.99. The molecule has 2 aromatic carbocycles. The number of carbonyl (C=O) groups excluding carboxylic acids is 4. The molecule has 0 radical (unpaired) electrons. The van der Waals surface area contributed by atoms with Crippen LogP contribution in [-0.2, 0) is 19.1 Å². The van der Waals surface area contributed by atoms with Crippen molar-refractivity contribution in [3.8, 4) is 5.75 Å². The van der Waals surface area contributed by atoms with Gasteiger partial charge in [-0.15, -0.1) is 0 Å². The number of alkyl carbamates (subject to hydrolysis) is 1. The van der Waals surface area contributed by atoms with Gasteiger partial charge in [0.2, 0.25) is 11.8 Å². The summed E-state index contributed by atoms with van der Waals surface area (Å²) in [6, 6.07) is 11.8. The smallest absolute Gasteiger partial charge is 0.408 e. The molecule has 10 heteroatoms. The third kappa shape index (κ3) is 8.82. The van der Waals surface area contributed by atoms with Crippen molar-refractivity contribution >= 4 is 29.5 Å². The van der Waals surface area contributed by atoms with Crippen LogP contribution in [0.4, 0.5) is 10.5 Å². The molecule has 0 aliphatic carbocycles. The molecule has 0 spiro atoms. The highest BCUT2D eigenvalue weighted by Gasteiger charge is 2.35. The zero-order chi connectivity index (χ0) is 27.8. The van der Waals surface area contributed by atoms with Gasteiger partial charge in [-0.2, -0.15) is 0 Å². The predicted octanol–water partition coefficient (Wildman–Crippen LogP) is 3.30. The van der Waals surface area contributed by atoms with E-state index in [0.717, 1.165) is 5.56 Å². The Morgan fingerprint density at radius 2 is 1.65 bits per heavy atom. The summed E-state index contributed by atoms with van der Waals surface area (Å²) in [4.78, 5) is 52.3. The first-order valence-corrected chi connectivity index (χ1v) is 11.9. The van der Waals surface area contributed by atoms with Gasteiger partial charge in [-0.1, -0.05) is 24.3 Å². The van der Waals surface area contributed by atoms with E-state index in [-0.39, 0.29) is 12.8 Å². The second-order valence-electron chi connectivity index (χ2n) is 9.63. The second kappa shape index (κ2) is 12.8. The van der Waals surface area contributed by atoms with E-state index in [2.05, 4.69) is 10.6 Å². The van der Waals surface area contributed by atoms with Crippen LogP contribution < -0.4 is 21.1 Å². The van der Waals surface area contributed by atoms with Gasteiger partial charge in [-0.3, -0.25) is 14.4 Å². The minimum atomic E-state index is -1.15. The number of nitrogens with zero attached hydrogens (tertiary/aromatic N) is 1. The molecule has 10 nitrogen and oxygen atoms in total. The van der Waals surface area contributed by atoms with Gasteiger partial charge in [-0.05, 0) is 69.5 Å². The molecule has 2 aromatic rings. The first-order valence-electron chi connectivity index (χ1n) is 11.9. The van der Waals surface area contributed by atoms with Gasteiger partial charge in [0.05, 0.1) is 7.11 Å². The van der Waals surface area contributed by atoms with Crippen molar-refractivity contribution in [1.29, 1.82) is 0 Å². The number of ether oxygens (including phenoxy) is 2. The fourth-order valence-corrected chi connectivity index (χ4v) is 3.67. The molecule has 2 atom stereocenters. The number of methoxy groups -OCH3 is 1. The van der Waals surface area contributed by atoms with Crippen molar-refractivity contribution in [3.63, 3.8) is 0 Å². The van der Waals surface area contributed by atoms with E-state index in [0.29, 0.717) is 17.0 Å². The summed E-state index contributed by atoms with van der Waals surface area (Å²) >= 11 is 0. The Hall–Kier alpha value is -4.08. The molecular formula is C27H36N4O6. The monoisotopic (exact) mass is 512 g/mol. The number of hydrogen-bond acceptors (Lipinski definition) is 6. The van der Waals surface area contributed by atoms with Crippen LogP contribution in [0.15, 0.2) is 48.5 Å². The highest BCUT2D eigenvalue weighted by Crippen LogP contribution is 2.26. The van der Waals surface area contributed by atoms with E-state index in [1.54, 1.807) is 64.3 Å². The van der Waals surface area contributed by atoms with Crippen LogP contribution in [0.2, 0.25) is 0 Å². The van der Waals surface area contributed by atoms with Crippen LogP contribution >= 0.6 is 0 Å². The maximum Gasteiger partial charge on any atom is 0.408 e. The number of carbonyl (C=O) groups is 4. The van der Waals surface area contributed by atoms with E-state index in [1.807, 2.05) is 19.1 Å². The number of anilines is 1. The Morgan fingerprint density at radius 3 is 2.19 bits per heavy atom. The Kier molecular flexibility index (Phi) is 10.0. The number of primary amides is 1. The van der Waals surface area contributed by atoms with Crippen molar-refractivity contribution in [2.75, 3.05) is 19.5 Å². The van der Waals surface area contributed by atoms with Crippen molar-refractivity contribution in [1.82, 2.24) is 10.2 Å². The normalized spacial score (nSPS) is 12.6. The summed E-state index contributed by atoms with van der Waals surface area (Å²) in [6.45, 7) is 6.91. The van der Waals surface area contributed by atoms with Crippen LogP contribution in [0.1, 0.15) is 50.8 Å². The van der Waals surface area contributed by atoms with Gasteiger partial charge < -0.3 is 30.7 Å². The maximum atomic E-state index is 13.6. The summed E-state index contributed by atoms with van der Waals surface area (Å²) in [6.07, 6.45) is -1.02. The zero-order valence-electron chi connectivity index (χ0n) is 22.2. The van der Waals surface area contributed by atoms with E-state index in [9.17, 15) is 19.2 Å². The molecule has 0 heterocycles. The molecular weight excluding hydrogens is 476 g/mol. The zero-order valence-corrected chi connectivity index (χ0v) is 22.2. The topological polar surface area (TPSA) is 140 Å². The van der Waals surface area contributed by atoms with E-state index < -0.39 is 41.5 Å². The molecule has 2 rings (SSSR count). The van der Waals surface area contributed by atoms with Crippen LogP contribution in [0.5, 0.6) is 5.75 Å². The number of rotatable bonds is 10. The number of hydrogen-bond donors (Lipinski definition) is 3. The largest absolute Gasteiger partial charge is 0.497 e. The standard InChI is InChI=1S/C27H36N4O6/c1-17-9-7-8-10-20(17)23(24(33)29-18-11-13-19(36-6)14-12-18)31(5)25(34)21(15-16-22(28)32)30-26(35)37-27(2,3)4/h7-14,21,23H,15-16H2,1-6H3,(H2,28,32)(H,29,33)(H,30,35). The molecule has 0 aliphatic rings.